The molecule has 5 heteroatoms. The van der Waals surface area contributed by atoms with Crippen LogP contribution in [0, 0.1) is 11.3 Å². The Hall–Kier alpha value is -1.15. The van der Waals surface area contributed by atoms with Crippen LogP contribution in [-0.2, 0) is 11.1 Å². The van der Waals surface area contributed by atoms with Crippen LogP contribution in [0.25, 0.3) is 6.08 Å². The van der Waals surface area contributed by atoms with E-state index in [-0.39, 0.29) is 9.93 Å². The molecule has 72 valence electrons. The van der Waals surface area contributed by atoms with Crippen molar-refractivity contribution in [2.75, 3.05) is 0 Å². The Morgan fingerprint density at radius 2 is 2.21 bits per heavy atom. The Kier molecular flexibility index (Phi) is 3.84. The van der Waals surface area contributed by atoms with E-state index in [1.54, 1.807) is 24.3 Å². The van der Waals surface area contributed by atoms with E-state index < -0.39 is 11.1 Å². The Morgan fingerprint density at radius 3 is 2.79 bits per heavy atom. The van der Waals surface area contributed by atoms with Crippen LogP contribution in [0.15, 0.2) is 34.2 Å². The summed E-state index contributed by atoms with van der Waals surface area (Å²) in [6, 6.07) is 7.99. The number of halogens is 1. The number of nitrogens with zero attached hydrogens (tertiary/aromatic N) is 1. The van der Waals surface area contributed by atoms with Crippen LogP contribution < -0.4 is 0 Å². The third-order valence-corrected chi connectivity index (χ3v) is 2.41. The first-order valence-corrected chi connectivity index (χ1v) is 5.06. The molecule has 1 aromatic carbocycles. The number of hydrogen-bond acceptors (Lipinski definition) is 3. The minimum atomic E-state index is -2.32. The van der Waals surface area contributed by atoms with Gasteiger partial charge in [0.1, 0.15) is 11.1 Å². The topological polar surface area (TPSA) is 63.9 Å². The van der Waals surface area contributed by atoms with Crippen molar-refractivity contribution in [1.82, 2.24) is 0 Å². The van der Waals surface area contributed by atoms with Crippen molar-refractivity contribution in [3.8, 4) is 6.07 Å². The predicted octanol–water partition coefficient (Wildman–Crippen LogP) is 2.03. The number of rotatable bonds is 2. The lowest BCUT2D eigenvalue weighted by Crippen LogP contribution is -1.91. The molecule has 0 saturated heterocycles. The van der Waals surface area contributed by atoms with Crippen LogP contribution in [0.3, 0.4) is 0 Å². The fraction of sp³-hybridized carbons (Fsp3) is 0. The zero-order chi connectivity index (χ0) is 10.6. The molecule has 1 atom stereocenters. The first-order chi connectivity index (χ1) is 6.65. The second kappa shape index (κ2) is 4.91. The van der Waals surface area contributed by atoms with Gasteiger partial charge in [0, 0.05) is 4.90 Å². The van der Waals surface area contributed by atoms with Gasteiger partial charge in [-0.25, -0.2) is 0 Å². The zero-order valence-corrected chi connectivity index (χ0v) is 8.51. The molecule has 0 aliphatic heterocycles. The highest BCUT2D eigenvalue weighted by molar-refractivity contribution is 7.79. The third kappa shape index (κ3) is 2.67. The fourth-order valence-corrected chi connectivity index (χ4v) is 1.55. The molecule has 1 rings (SSSR count). The van der Waals surface area contributed by atoms with Crippen LogP contribution in [0.4, 0.5) is 0 Å². The summed E-state index contributed by atoms with van der Waals surface area (Å²) in [5.41, 5.74) is 0.410. The molecular formula is C9H5ClNO2S-. The van der Waals surface area contributed by atoms with Gasteiger partial charge in [-0.15, -0.1) is 0 Å². The Morgan fingerprint density at radius 1 is 1.57 bits per heavy atom. The Labute approximate surface area is 88.9 Å². The number of allylic oxidation sites excluding steroid dienone is 1. The average molecular weight is 227 g/mol. The molecule has 0 saturated carbocycles. The van der Waals surface area contributed by atoms with E-state index in [2.05, 4.69) is 0 Å². The molecule has 1 unspecified atom stereocenters. The van der Waals surface area contributed by atoms with Crippen molar-refractivity contribution < 1.29 is 8.76 Å². The minimum absolute atomic E-state index is 0.0529. The molecule has 0 bridgehead atoms. The summed E-state index contributed by atoms with van der Waals surface area (Å²) in [5, 5.41) is 8.37. The zero-order valence-electron chi connectivity index (χ0n) is 6.94. The van der Waals surface area contributed by atoms with E-state index in [9.17, 15) is 8.76 Å². The van der Waals surface area contributed by atoms with Gasteiger partial charge in [-0.2, -0.15) is 5.26 Å². The second-order valence-electron chi connectivity index (χ2n) is 2.38. The van der Waals surface area contributed by atoms with E-state index in [1.807, 2.05) is 0 Å². The molecule has 0 aliphatic rings. The average Bonchev–Trinajstić information content (AvgIpc) is 2.18. The molecule has 0 radical (unpaired) electrons. The fourth-order valence-electron chi connectivity index (χ4n) is 0.920. The molecule has 0 fully saturated rings. The first-order valence-electron chi connectivity index (χ1n) is 3.60. The van der Waals surface area contributed by atoms with Gasteiger partial charge in [0.15, 0.2) is 0 Å². The molecule has 0 aromatic heterocycles. The van der Waals surface area contributed by atoms with Crippen LogP contribution >= 0.6 is 11.6 Å². The summed E-state index contributed by atoms with van der Waals surface area (Å²) in [4.78, 5) is 0.126. The van der Waals surface area contributed by atoms with Crippen LogP contribution in [0.2, 0.25) is 0 Å². The summed E-state index contributed by atoms with van der Waals surface area (Å²) in [5.74, 6) is 0. The maximum absolute atomic E-state index is 10.7. The van der Waals surface area contributed by atoms with Gasteiger partial charge >= 0.3 is 0 Å². The third-order valence-electron chi connectivity index (χ3n) is 1.49. The summed E-state index contributed by atoms with van der Waals surface area (Å²) < 4.78 is 21.5. The van der Waals surface area contributed by atoms with Gasteiger partial charge in [-0.1, -0.05) is 29.8 Å². The number of nitriles is 1. The molecule has 0 amide bonds. The van der Waals surface area contributed by atoms with Crippen molar-refractivity contribution in [2.45, 2.75) is 4.90 Å². The second-order valence-corrected chi connectivity index (χ2v) is 3.69. The number of hydrogen-bond donors (Lipinski definition) is 0. The SMILES string of the molecule is N#CC(Cl)=Cc1ccccc1S(=O)[O-]. The quantitative estimate of drug-likeness (QED) is 0.573. The van der Waals surface area contributed by atoms with E-state index in [1.165, 1.54) is 12.1 Å². The molecule has 1 aromatic rings. The summed E-state index contributed by atoms with van der Waals surface area (Å²) in [6.07, 6.45) is 1.31. The Bertz CT molecular complexity index is 437. The lowest BCUT2D eigenvalue weighted by atomic mass is 10.2. The maximum atomic E-state index is 10.7. The van der Waals surface area contributed by atoms with Crippen molar-refractivity contribution in [1.29, 1.82) is 5.26 Å². The molecule has 3 nitrogen and oxygen atoms in total. The van der Waals surface area contributed by atoms with Crippen LogP contribution in [0.1, 0.15) is 5.56 Å². The predicted molar refractivity (Wildman–Crippen MR) is 53.1 cm³/mol. The lowest BCUT2D eigenvalue weighted by molar-refractivity contribution is 0.537. The molecule has 0 heterocycles. The highest BCUT2D eigenvalue weighted by Gasteiger charge is 1.99. The van der Waals surface area contributed by atoms with E-state index in [4.69, 9.17) is 16.9 Å². The summed E-state index contributed by atoms with van der Waals surface area (Å²) in [7, 11) is 0. The van der Waals surface area contributed by atoms with Gasteiger partial charge in [0.05, 0.1) is 0 Å². The van der Waals surface area contributed by atoms with Crippen molar-refractivity contribution >= 4 is 28.8 Å². The van der Waals surface area contributed by atoms with Gasteiger partial charge in [0.25, 0.3) is 0 Å². The normalized spacial score (nSPS) is 13.4. The van der Waals surface area contributed by atoms with Gasteiger partial charge < -0.3 is 4.55 Å². The minimum Gasteiger partial charge on any atom is -0.768 e. The van der Waals surface area contributed by atoms with Gasteiger partial charge in [-0.05, 0) is 28.8 Å². The molecule has 0 N–H and O–H groups in total. The summed E-state index contributed by atoms with van der Waals surface area (Å²) in [6.45, 7) is 0. The van der Waals surface area contributed by atoms with Crippen molar-refractivity contribution in [3.63, 3.8) is 0 Å². The monoisotopic (exact) mass is 226 g/mol. The largest absolute Gasteiger partial charge is 0.768 e. The lowest BCUT2D eigenvalue weighted by Gasteiger charge is -2.07. The Balaban J connectivity index is 3.22. The molecular weight excluding hydrogens is 222 g/mol. The van der Waals surface area contributed by atoms with Crippen molar-refractivity contribution in [2.24, 2.45) is 0 Å². The maximum Gasteiger partial charge on any atom is 0.118 e. The molecule has 0 aliphatic carbocycles. The van der Waals surface area contributed by atoms with Gasteiger partial charge in [-0.3, -0.25) is 4.21 Å². The van der Waals surface area contributed by atoms with E-state index in [0.29, 0.717) is 5.56 Å². The molecule has 14 heavy (non-hydrogen) atoms. The first kappa shape index (κ1) is 10.9. The van der Waals surface area contributed by atoms with Gasteiger partial charge in [0.2, 0.25) is 0 Å². The highest BCUT2D eigenvalue weighted by atomic mass is 35.5. The van der Waals surface area contributed by atoms with E-state index >= 15 is 0 Å². The number of benzene rings is 1. The smallest absolute Gasteiger partial charge is 0.118 e. The van der Waals surface area contributed by atoms with E-state index in [0.717, 1.165) is 0 Å². The van der Waals surface area contributed by atoms with Crippen molar-refractivity contribution in [3.05, 3.63) is 34.9 Å². The summed E-state index contributed by atoms with van der Waals surface area (Å²) >= 11 is 3.15. The highest BCUT2D eigenvalue weighted by Crippen LogP contribution is 2.16. The molecule has 0 spiro atoms. The van der Waals surface area contributed by atoms with Crippen LogP contribution in [-0.4, -0.2) is 8.76 Å². The van der Waals surface area contributed by atoms with Crippen LogP contribution in [0.5, 0.6) is 0 Å². The standard InChI is InChI=1S/C9H6ClNO2S/c10-8(6-11)5-7-3-1-2-4-9(7)14(12)13/h1-5H,(H,12,13)/p-1.